The van der Waals surface area contributed by atoms with Crippen LogP contribution in [-0.2, 0) is 14.3 Å². The first-order valence-electron chi connectivity index (χ1n) is 9.01. The number of hydrogen-bond acceptors (Lipinski definition) is 4. The molecule has 23 heavy (non-hydrogen) atoms. The number of methoxy groups -OCH3 is 1. The molecule has 4 saturated carbocycles. The summed E-state index contributed by atoms with van der Waals surface area (Å²) in [5, 5.41) is 0.393. The first-order valence-corrected chi connectivity index (χ1v) is 10.1. The zero-order chi connectivity index (χ0) is 16.8. The van der Waals surface area contributed by atoms with Gasteiger partial charge in [0.25, 0.3) is 0 Å². The average molecular weight is 339 g/mol. The molecule has 130 valence electrons. The van der Waals surface area contributed by atoms with Gasteiger partial charge in [0.1, 0.15) is 5.78 Å². The summed E-state index contributed by atoms with van der Waals surface area (Å²) in [5.41, 5.74) is 0.797. The van der Waals surface area contributed by atoms with Crippen molar-refractivity contribution in [3.8, 4) is 0 Å². The fourth-order valence-corrected chi connectivity index (χ4v) is 7.34. The van der Waals surface area contributed by atoms with Crippen molar-refractivity contribution < 1.29 is 14.3 Å². The molecule has 0 aromatic heterocycles. The highest BCUT2D eigenvalue weighted by Gasteiger charge is 2.64. The van der Waals surface area contributed by atoms with Crippen molar-refractivity contribution in [3.63, 3.8) is 0 Å². The van der Waals surface area contributed by atoms with Crippen molar-refractivity contribution in [2.24, 2.45) is 28.6 Å². The van der Waals surface area contributed by atoms with Crippen molar-refractivity contribution in [1.82, 2.24) is 0 Å². The summed E-state index contributed by atoms with van der Waals surface area (Å²) in [6.45, 7) is 7.30. The summed E-state index contributed by atoms with van der Waals surface area (Å²) in [6.07, 6.45) is 5.64. The van der Waals surface area contributed by atoms with Crippen LogP contribution < -0.4 is 0 Å². The number of Topliss-reactive ketones (excluding diaryl/α,β-unsaturated/α-hetero) is 1. The summed E-state index contributed by atoms with van der Waals surface area (Å²) in [7, 11) is 1.44. The molecule has 0 saturated heterocycles. The Balaban J connectivity index is 1.73. The minimum Gasteiger partial charge on any atom is -0.469 e. The fraction of sp³-hybridized carbons (Fsp3) is 0.895. The molecule has 5 atom stereocenters. The second kappa shape index (κ2) is 6.09. The summed E-state index contributed by atoms with van der Waals surface area (Å²) in [6, 6.07) is 0. The molecule has 4 heteroatoms. The quantitative estimate of drug-likeness (QED) is 0.724. The Hall–Kier alpha value is -0.510. The third-order valence-electron chi connectivity index (χ3n) is 7.46. The van der Waals surface area contributed by atoms with Gasteiger partial charge in [-0.05, 0) is 47.8 Å². The van der Waals surface area contributed by atoms with E-state index in [4.69, 9.17) is 4.74 Å². The van der Waals surface area contributed by atoms with Gasteiger partial charge >= 0.3 is 5.97 Å². The molecule has 0 aromatic carbocycles. The number of hydrogen-bond donors (Lipinski definition) is 0. The van der Waals surface area contributed by atoms with E-state index in [9.17, 15) is 9.59 Å². The van der Waals surface area contributed by atoms with Gasteiger partial charge in [-0.15, -0.1) is 0 Å². The number of carbonyl (C=O) groups excluding carboxylic acids is 2. The number of carbonyl (C=O) groups is 2. The number of ketones is 1. The van der Waals surface area contributed by atoms with Gasteiger partial charge in [-0.25, -0.2) is 0 Å². The SMILES string of the molecule is COC(=O)CCSC1CC(=O)CC[C@]12C[C@H]1C[C@@H](C2C)C1(C)C. The molecule has 0 aromatic rings. The molecule has 0 N–H and O–H groups in total. The zero-order valence-electron chi connectivity index (χ0n) is 14.9. The van der Waals surface area contributed by atoms with Gasteiger partial charge in [-0.3, -0.25) is 9.59 Å². The lowest BCUT2D eigenvalue weighted by Crippen LogP contribution is -2.62. The van der Waals surface area contributed by atoms with Gasteiger partial charge in [0.05, 0.1) is 13.5 Å². The maximum atomic E-state index is 12.1. The Morgan fingerprint density at radius 2 is 2.13 bits per heavy atom. The Bertz CT molecular complexity index is 501. The van der Waals surface area contributed by atoms with Crippen LogP contribution in [0.4, 0.5) is 0 Å². The number of esters is 1. The van der Waals surface area contributed by atoms with Gasteiger partial charge < -0.3 is 4.74 Å². The van der Waals surface area contributed by atoms with Crippen LogP contribution in [0.25, 0.3) is 0 Å². The normalized spacial score (nSPS) is 41.5. The molecule has 4 rings (SSSR count). The van der Waals surface area contributed by atoms with Crippen LogP contribution in [-0.4, -0.2) is 29.9 Å². The highest BCUT2D eigenvalue weighted by atomic mass is 32.2. The van der Waals surface area contributed by atoms with E-state index in [0.717, 1.165) is 30.4 Å². The molecule has 4 aliphatic rings. The predicted octanol–water partition coefficient (Wildman–Crippen LogP) is 4.09. The Morgan fingerprint density at radius 3 is 2.74 bits per heavy atom. The van der Waals surface area contributed by atoms with E-state index in [1.165, 1.54) is 20.0 Å². The smallest absolute Gasteiger partial charge is 0.306 e. The van der Waals surface area contributed by atoms with E-state index in [-0.39, 0.29) is 5.97 Å². The predicted molar refractivity (Wildman–Crippen MR) is 93.3 cm³/mol. The highest BCUT2D eigenvalue weighted by molar-refractivity contribution is 8.00. The topological polar surface area (TPSA) is 43.4 Å². The molecule has 3 nitrogen and oxygen atoms in total. The van der Waals surface area contributed by atoms with Gasteiger partial charge in [-0.2, -0.15) is 11.8 Å². The monoisotopic (exact) mass is 338 g/mol. The van der Waals surface area contributed by atoms with Crippen molar-refractivity contribution in [1.29, 1.82) is 0 Å². The van der Waals surface area contributed by atoms with Crippen molar-refractivity contribution in [2.45, 2.75) is 64.5 Å². The van der Waals surface area contributed by atoms with Crippen LogP contribution in [0.3, 0.4) is 0 Å². The molecule has 0 aliphatic heterocycles. The summed E-state index contributed by atoms with van der Waals surface area (Å²) < 4.78 is 4.75. The molecule has 4 aliphatic carbocycles. The number of thioether (sulfide) groups is 1. The Labute approximate surface area is 144 Å². The summed E-state index contributed by atoms with van der Waals surface area (Å²) in [5.74, 6) is 3.36. The molecule has 1 spiro atoms. The third kappa shape index (κ3) is 2.75. The van der Waals surface area contributed by atoms with Crippen LogP contribution in [0.15, 0.2) is 0 Å². The lowest BCUT2D eigenvalue weighted by molar-refractivity contribution is -0.177. The van der Waals surface area contributed by atoms with Gasteiger partial charge in [0.2, 0.25) is 0 Å². The largest absolute Gasteiger partial charge is 0.469 e. The molecule has 2 bridgehead atoms. The molecular formula is C19H30O3S. The second-order valence-corrected chi connectivity index (χ2v) is 9.83. The van der Waals surface area contributed by atoms with E-state index >= 15 is 0 Å². The van der Waals surface area contributed by atoms with E-state index in [1.807, 2.05) is 11.8 Å². The molecule has 2 unspecified atom stereocenters. The van der Waals surface area contributed by atoms with Crippen molar-refractivity contribution in [2.75, 3.05) is 12.9 Å². The molecule has 0 heterocycles. The first kappa shape index (κ1) is 17.3. The Morgan fingerprint density at radius 1 is 1.39 bits per heavy atom. The second-order valence-electron chi connectivity index (χ2n) is 8.51. The van der Waals surface area contributed by atoms with Crippen molar-refractivity contribution in [3.05, 3.63) is 0 Å². The zero-order valence-corrected chi connectivity index (χ0v) is 15.7. The van der Waals surface area contributed by atoms with Crippen LogP contribution >= 0.6 is 11.8 Å². The lowest BCUT2D eigenvalue weighted by atomic mass is 9.38. The summed E-state index contributed by atoms with van der Waals surface area (Å²) in [4.78, 5) is 23.5. The number of rotatable bonds is 4. The molecule has 0 radical (unpaired) electrons. The van der Waals surface area contributed by atoms with Gasteiger partial charge in [0.15, 0.2) is 0 Å². The van der Waals surface area contributed by atoms with Gasteiger partial charge in [0, 0.05) is 23.8 Å². The first-order chi connectivity index (χ1) is 10.8. The lowest BCUT2D eigenvalue weighted by Gasteiger charge is -2.68. The maximum absolute atomic E-state index is 12.1. The van der Waals surface area contributed by atoms with Crippen LogP contribution in [0.1, 0.15) is 59.3 Å². The van der Waals surface area contributed by atoms with Crippen molar-refractivity contribution >= 4 is 23.5 Å². The third-order valence-corrected chi connectivity index (χ3v) is 8.94. The molecular weight excluding hydrogens is 308 g/mol. The van der Waals surface area contributed by atoms with Crippen LogP contribution in [0, 0.1) is 28.6 Å². The minimum atomic E-state index is -0.144. The molecule has 4 fully saturated rings. The van der Waals surface area contributed by atoms with Crippen LogP contribution in [0.2, 0.25) is 0 Å². The standard InChI is InChI=1S/C19H30O3S/c1-12-15-9-13(18(15,2)3)11-19(12)7-5-14(20)10-16(19)23-8-6-17(21)22-4/h12-13,15-16H,5-11H2,1-4H3/t12?,13-,15+,16?,19-/m1/s1. The highest BCUT2D eigenvalue weighted by Crippen LogP contribution is 2.70. The van der Waals surface area contributed by atoms with E-state index in [0.29, 0.717) is 40.6 Å². The van der Waals surface area contributed by atoms with E-state index in [2.05, 4.69) is 20.8 Å². The Kier molecular flexibility index (Phi) is 4.59. The molecule has 0 amide bonds. The van der Waals surface area contributed by atoms with E-state index < -0.39 is 0 Å². The van der Waals surface area contributed by atoms with Gasteiger partial charge in [-0.1, -0.05) is 20.8 Å². The fourth-order valence-electron chi connectivity index (χ4n) is 5.71. The number of ether oxygens (including phenoxy) is 1. The van der Waals surface area contributed by atoms with E-state index in [1.54, 1.807) is 0 Å². The average Bonchev–Trinajstić information content (AvgIpc) is 2.52. The van der Waals surface area contributed by atoms with Crippen LogP contribution in [0.5, 0.6) is 0 Å². The minimum absolute atomic E-state index is 0.144. The maximum Gasteiger partial charge on any atom is 0.306 e. The summed E-state index contributed by atoms with van der Waals surface area (Å²) >= 11 is 1.86.